The van der Waals surface area contributed by atoms with E-state index in [2.05, 4.69) is 17.9 Å². The van der Waals surface area contributed by atoms with Crippen molar-refractivity contribution in [3.8, 4) is 0 Å². The Morgan fingerprint density at radius 2 is 2.00 bits per heavy atom. The van der Waals surface area contributed by atoms with Gasteiger partial charge in [-0.3, -0.25) is 0 Å². The molecule has 0 unspecified atom stereocenters. The molecule has 0 rings (SSSR count). The second-order valence-corrected chi connectivity index (χ2v) is 2.52. The van der Waals surface area contributed by atoms with Gasteiger partial charge < -0.3 is 9.84 Å². The van der Waals surface area contributed by atoms with Crippen molar-refractivity contribution in [1.29, 1.82) is 0 Å². The maximum Gasteiger partial charge on any atom is 0.330 e. The van der Waals surface area contributed by atoms with Crippen molar-refractivity contribution in [2.24, 2.45) is 0 Å². The molecule has 0 spiro atoms. The topological polar surface area (TPSA) is 63.6 Å². The lowest BCUT2D eigenvalue weighted by Crippen LogP contribution is -2.01. The Hall–Kier alpha value is -1.29. The fraction of sp³-hybridized carbons (Fsp3) is 0.333. The van der Waals surface area contributed by atoms with E-state index in [1.54, 1.807) is 0 Å². The summed E-state index contributed by atoms with van der Waals surface area (Å²) in [6, 6.07) is 0. The molecule has 0 aromatic carbocycles. The number of esters is 1. The van der Waals surface area contributed by atoms with Gasteiger partial charge in [0, 0.05) is 11.6 Å². The molecule has 1 N–H and O–H groups in total. The summed E-state index contributed by atoms with van der Waals surface area (Å²) in [5.74, 6) is -1.03. The molecular formula is C9H13ClO4. The van der Waals surface area contributed by atoms with Gasteiger partial charge in [0.2, 0.25) is 0 Å². The summed E-state index contributed by atoms with van der Waals surface area (Å²) in [6.45, 7) is 8.05. The molecule has 14 heavy (non-hydrogen) atoms. The van der Waals surface area contributed by atoms with Gasteiger partial charge in [-0.1, -0.05) is 13.2 Å². The molecule has 5 heteroatoms. The average Bonchev–Trinajstić information content (AvgIpc) is 2.14. The number of hydrogen-bond donors (Lipinski definition) is 1. The number of hydrogen-bond acceptors (Lipinski definition) is 3. The van der Waals surface area contributed by atoms with Crippen LogP contribution in [-0.4, -0.2) is 29.5 Å². The van der Waals surface area contributed by atoms with Crippen LogP contribution in [0.25, 0.3) is 0 Å². The molecule has 0 atom stereocenters. The third-order valence-corrected chi connectivity index (χ3v) is 1.01. The molecule has 0 radical (unpaired) electrons. The van der Waals surface area contributed by atoms with Crippen molar-refractivity contribution in [1.82, 2.24) is 0 Å². The monoisotopic (exact) mass is 220 g/mol. The van der Waals surface area contributed by atoms with Crippen molar-refractivity contribution < 1.29 is 19.4 Å². The summed E-state index contributed by atoms with van der Waals surface area (Å²) in [5.41, 5.74) is 0.176. The third-order valence-electron chi connectivity index (χ3n) is 0.853. The minimum atomic E-state index is -0.935. The van der Waals surface area contributed by atoms with Gasteiger partial charge in [-0.25, -0.2) is 9.59 Å². The summed E-state index contributed by atoms with van der Waals surface area (Å²) < 4.78 is 4.45. The van der Waals surface area contributed by atoms with Gasteiger partial charge in [0.1, 0.15) is 6.61 Å². The van der Waals surface area contributed by atoms with E-state index in [0.717, 1.165) is 6.08 Å². The number of aliphatic carboxylic acids is 1. The summed E-state index contributed by atoms with van der Waals surface area (Å²) in [5, 5.41) is 7.89. The molecule has 0 aromatic rings. The smallest absolute Gasteiger partial charge is 0.330 e. The lowest BCUT2D eigenvalue weighted by atomic mass is 10.4. The van der Waals surface area contributed by atoms with E-state index < -0.39 is 11.9 Å². The van der Waals surface area contributed by atoms with E-state index in [9.17, 15) is 9.59 Å². The number of halogens is 1. The van der Waals surface area contributed by atoms with Crippen molar-refractivity contribution >= 4 is 23.5 Å². The Bertz CT molecular complexity index is 211. The van der Waals surface area contributed by atoms with Crippen LogP contribution < -0.4 is 0 Å². The van der Waals surface area contributed by atoms with E-state index >= 15 is 0 Å². The second kappa shape index (κ2) is 9.80. The lowest BCUT2D eigenvalue weighted by Gasteiger charge is -1.93. The lowest BCUT2D eigenvalue weighted by molar-refractivity contribution is -0.137. The van der Waals surface area contributed by atoms with Gasteiger partial charge in [0.05, 0.1) is 5.88 Å². The van der Waals surface area contributed by atoms with Crippen LogP contribution in [0.1, 0.15) is 6.92 Å². The van der Waals surface area contributed by atoms with Gasteiger partial charge in [-0.15, -0.1) is 11.6 Å². The highest BCUT2D eigenvalue weighted by molar-refractivity contribution is 6.18. The quantitative estimate of drug-likeness (QED) is 0.444. The Labute approximate surface area is 87.8 Å². The Kier molecular flexibility index (Phi) is 10.6. The highest BCUT2D eigenvalue weighted by atomic mass is 35.5. The first kappa shape index (κ1) is 15.2. The Morgan fingerprint density at radius 1 is 1.57 bits per heavy atom. The first-order chi connectivity index (χ1) is 6.45. The van der Waals surface area contributed by atoms with Crippen LogP contribution in [0.5, 0.6) is 0 Å². The molecule has 0 amide bonds. The fourth-order valence-electron chi connectivity index (χ4n) is 0.198. The molecule has 0 saturated carbocycles. The van der Waals surface area contributed by atoms with E-state index in [1.807, 2.05) is 0 Å². The third kappa shape index (κ3) is 13.3. The first-order valence-electron chi connectivity index (χ1n) is 3.69. The molecule has 0 fully saturated rings. The number of alkyl halides is 1. The predicted octanol–water partition coefficient (Wildman–Crippen LogP) is 1.60. The summed E-state index contributed by atoms with van der Waals surface area (Å²) >= 11 is 5.19. The van der Waals surface area contributed by atoms with Gasteiger partial charge in [0.15, 0.2) is 0 Å². The highest BCUT2D eigenvalue weighted by Gasteiger charge is 1.90. The number of carboxylic acid groups (broad SMARTS) is 1. The number of ether oxygens (including phenoxy) is 1. The normalized spacial score (nSPS) is 7.86. The Balaban J connectivity index is 0. The molecule has 80 valence electrons. The molecular weight excluding hydrogens is 208 g/mol. The van der Waals surface area contributed by atoms with E-state index in [-0.39, 0.29) is 12.2 Å². The Morgan fingerprint density at radius 3 is 2.21 bits per heavy atom. The molecule has 0 aliphatic rings. The second-order valence-electron chi connectivity index (χ2n) is 2.15. The first-order valence-corrected chi connectivity index (χ1v) is 4.23. The van der Waals surface area contributed by atoms with Crippen molar-refractivity contribution in [3.63, 3.8) is 0 Å². The molecule has 0 aromatic heterocycles. The maximum absolute atomic E-state index is 10.2. The zero-order valence-corrected chi connectivity index (χ0v) is 8.71. The molecule has 4 nitrogen and oxygen atoms in total. The molecule has 0 aliphatic carbocycles. The fourth-order valence-corrected chi connectivity index (χ4v) is 0.275. The van der Waals surface area contributed by atoms with Gasteiger partial charge in [0.25, 0.3) is 0 Å². The van der Waals surface area contributed by atoms with Crippen LogP contribution in [-0.2, 0) is 14.3 Å². The van der Waals surface area contributed by atoms with Gasteiger partial charge in [-0.2, -0.15) is 0 Å². The van der Waals surface area contributed by atoms with Gasteiger partial charge >= 0.3 is 11.9 Å². The standard InChI is InChI=1S/C5H7ClO2.C4H6O2/c1-2-5(7)8-4-3-6;1-3(2)4(5)6/h2H,1,3-4H2;1H2,2H3,(H,5,6). The molecule has 0 heterocycles. The highest BCUT2D eigenvalue weighted by Crippen LogP contribution is 1.81. The van der Waals surface area contributed by atoms with E-state index in [1.165, 1.54) is 6.92 Å². The minimum Gasteiger partial charge on any atom is -0.478 e. The number of carbonyl (C=O) groups is 2. The molecule has 0 saturated heterocycles. The van der Waals surface area contributed by atoms with Crippen LogP contribution in [0, 0.1) is 0 Å². The summed E-state index contributed by atoms with van der Waals surface area (Å²) in [6.07, 6.45) is 1.10. The molecule has 0 bridgehead atoms. The van der Waals surface area contributed by atoms with Crippen LogP contribution in [0.3, 0.4) is 0 Å². The predicted molar refractivity (Wildman–Crippen MR) is 54.3 cm³/mol. The van der Waals surface area contributed by atoms with E-state index in [4.69, 9.17) is 16.7 Å². The van der Waals surface area contributed by atoms with Gasteiger partial charge in [-0.05, 0) is 6.92 Å². The average molecular weight is 221 g/mol. The maximum atomic E-state index is 10.2. The zero-order chi connectivity index (χ0) is 11.6. The number of rotatable bonds is 4. The van der Waals surface area contributed by atoms with E-state index in [0.29, 0.717) is 5.88 Å². The molecule has 0 aliphatic heterocycles. The minimum absolute atomic E-state index is 0.176. The number of carbonyl (C=O) groups excluding carboxylic acids is 1. The van der Waals surface area contributed by atoms with Crippen molar-refractivity contribution in [2.45, 2.75) is 6.92 Å². The van der Waals surface area contributed by atoms with Crippen LogP contribution in [0.2, 0.25) is 0 Å². The van der Waals surface area contributed by atoms with Crippen LogP contribution >= 0.6 is 11.6 Å². The summed E-state index contributed by atoms with van der Waals surface area (Å²) in [4.78, 5) is 19.8. The summed E-state index contributed by atoms with van der Waals surface area (Å²) in [7, 11) is 0. The zero-order valence-electron chi connectivity index (χ0n) is 7.96. The largest absolute Gasteiger partial charge is 0.478 e. The van der Waals surface area contributed by atoms with Crippen molar-refractivity contribution in [2.75, 3.05) is 12.5 Å². The van der Waals surface area contributed by atoms with Crippen LogP contribution in [0.15, 0.2) is 24.8 Å². The number of carboxylic acids is 1. The van der Waals surface area contributed by atoms with Crippen molar-refractivity contribution in [3.05, 3.63) is 24.8 Å². The SMILES string of the molecule is C=C(C)C(=O)O.C=CC(=O)OCCCl. The van der Waals surface area contributed by atoms with Crippen LogP contribution in [0.4, 0.5) is 0 Å².